The van der Waals surface area contributed by atoms with Gasteiger partial charge < -0.3 is 9.84 Å². The van der Waals surface area contributed by atoms with Gasteiger partial charge in [0.05, 0.1) is 0 Å². The van der Waals surface area contributed by atoms with Crippen molar-refractivity contribution in [3.63, 3.8) is 0 Å². The van der Waals surface area contributed by atoms with Crippen LogP contribution < -0.4 is 5.32 Å². The summed E-state index contributed by atoms with van der Waals surface area (Å²) in [5, 5.41) is 6.99. The Kier molecular flexibility index (Phi) is 6.12. The van der Waals surface area contributed by atoms with Gasteiger partial charge in [0.1, 0.15) is 0 Å². The monoisotopic (exact) mass is 329 g/mol. The smallest absolute Gasteiger partial charge is 0.227 e. The number of rotatable bonds is 7. The highest BCUT2D eigenvalue weighted by atomic mass is 16.5. The highest BCUT2D eigenvalue weighted by molar-refractivity contribution is 5.76. The number of benzene rings is 1. The molecule has 0 aliphatic rings. The summed E-state index contributed by atoms with van der Waals surface area (Å²) in [5.41, 5.74) is 2.20. The summed E-state index contributed by atoms with van der Waals surface area (Å²) in [7, 11) is 0. The lowest BCUT2D eigenvalue weighted by Gasteiger charge is -2.16. The van der Waals surface area contributed by atoms with Crippen LogP contribution >= 0.6 is 0 Å². The molecule has 0 radical (unpaired) electrons. The van der Waals surface area contributed by atoms with E-state index >= 15 is 0 Å². The maximum Gasteiger partial charge on any atom is 0.227 e. The number of hydrogen-bond donors (Lipinski definition) is 1. The van der Waals surface area contributed by atoms with Gasteiger partial charge in [-0.05, 0) is 24.3 Å². The first kappa shape index (κ1) is 18.2. The minimum Gasteiger partial charge on any atom is -0.353 e. The summed E-state index contributed by atoms with van der Waals surface area (Å²) < 4.78 is 5.26. The molecule has 0 spiro atoms. The minimum absolute atomic E-state index is 0.0113. The van der Waals surface area contributed by atoms with Crippen molar-refractivity contribution in [2.45, 2.75) is 59.4 Å². The highest BCUT2D eigenvalue weighted by Gasteiger charge is 2.13. The van der Waals surface area contributed by atoms with E-state index in [1.807, 2.05) is 19.1 Å². The number of amides is 1. The molecule has 1 amide bonds. The second-order valence-corrected chi connectivity index (χ2v) is 6.89. The van der Waals surface area contributed by atoms with Crippen molar-refractivity contribution in [2.75, 3.05) is 0 Å². The first-order chi connectivity index (χ1) is 11.4. The van der Waals surface area contributed by atoms with Gasteiger partial charge in [-0.15, -0.1) is 0 Å². The molecular weight excluding hydrogens is 302 g/mol. The van der Waals surface area contributed by atoms with Crippen LogP contribution in [0.5, 0.6) is 0 Å². The van der Waals surface area contributed by atoms with Gasteiger partial charge in [-0.25, -0.2) is 0 Å². The topological polar surface area (TPSA) is 68.0 Å². The van der Waals surface area contributed by atoms with Crippen LogP contribution in [0.3, 0.4) is 0 Å². The van der Waals surface area contributed by atoms with Gasteiger partial charge >= 0.3 is 0 Å². The van der Waals surface area contributed by atoms with Crippen LogP contribution in [-0.2, 0) is 11.2 Å². The first-order valence-corrected chi connectivity index (χ1v) is 8.59. The molecule has 0 aliphatic heterocycles. The zero-order chi connectivity index (χ0) is 17.7. The number of aromatic nitrogens is 2. The molecule has 1 N–H and O–H groups in total. The van der Waals surface area contributed by atoms with E-state index in [0.717, 1.165) is 5.56 Å². The summed E-state index contributed by atoms with van der Waals surface area (Å²) in [6, 6.07) is 8.32. The SMILES string of the molecule is CC(C)c1ccc(-c2noc(CCC(=O)NC(C)C(C)C)n2)cc1. The van der Waals surface area contributed by atoms with Crippen LogP contribution in [0.15, 0.2) is 28.8 Å². The van der Waals surface area contributed by atoms with E-state index < -0.39 is 0 Å². The Morgan fingerprint density at radius 3 is 2.38 bits per heavy atom. The third-order valence-electron chi connectivity index (χ3n) is 4.26. The fourth-order valence-corrected chi connectivity index (χ4v) is 2.20. The number of carbonyl (C=O) groups excluding carboxylic acids is 1. The molecular formula is C19H27N3O2. The zero-order valence-corrected chi connectivity index (χ0v) is 15.2. The maximum atomic E-state index is 11.9. The molecule has 5 nitrogen and oxygen atoms in total. The molecule has 1 heterocycles. The number of aryl methyl sites for hydroxylation is 1. The number of nitrogens with zero attached hydrogens (tertiary/aromatic N) is 2. The molecule has 0 saturated heterocycles. The molecule has 2 aromatic rings. The molecule has 1 atom stereocenters. The summed E-state index contributed by atoms with van der Waals surface area (Å²) in [6.45, 7) is 10.5. The van der Waals surface area contributed by atoms with Crippen molar-refractivity contribution in [1.29, 1.82) is 0 Å². The average molecular weight is 329 g/mol. The van der Waals surface area contributed by atoms with Gasteiger partial charge in [0, 0.05) is 24.4 Å². The van der Waals surface area contributed by atoms with E-state index in [1.165, 1.54) is 5.56 Å². The predicted molar refractivity (Wildman–Crippen MR) is 94.6 cm³/mol. The van der Waals surface area contributed by atoms with Crippen LogP contribution in [0.25, 0.3) is 11.4 Å². The largest absolute Gasteiger partial charge is 0.353 e. The molecule has 1 aromatic carbocycles. The fourth-order valence-electron chi connectivity index (χ4n) is 2.20. The Bertz CT molecular complexity index is 660. The van der Waals surface area contributed by atoms with Crippen molar-refractivity contribution in [3.05, 3.63) is 35.7 Å². The Morgan fingerprint density at radius 2 is 1.79 bits per heavy atom. The molecule has 0 bridgehead atoms. The maximum absolute atomic E-state index is 11.9. The summed E-state index contributed by atoms with van der Waals surface area (Å²) in [5.74, 6) is 1.98. The molecule has 24 heavy (non-hydrogen) atoms. The third-order valence-corrected chi connectivity index (χ3v) is 4.26. The van der Waals surface area contributed by atoms with Gasteiger partial charge in [0.15, 0.2) is 0 Å². The van der Waals surface area contributed by atoms with Crippen molar-refractivity contribution in [3.8, 4) is 11.4 Å². The average Bonchev–Trinajstić information content (AvgIpc) is 3.02. The van der Waals surface area contributed by atoms with Gasteiger partial charge in [-0.2, -0.15) is 4.98 Å². The third kappa shape index (κ3) is 4.91. The standard InChI is InChI=1S/C19H27N3O2/c1-12(2)14(5)20-17(23)10-11-18-21-19(22-24-18)16-8-6-15(7-9-16)13(3)4/h6-9,12-14H,10-11H2,1-5H3,(H,20,23). The Balaban J connectivity index is 1.92. The van der Waals surface area contributed by atoms with Crippen LogP contribution in [-0.4, -0.2) is 22.1 Å². The van der Waals surface area contributed by atoms with Crippen LogP contribution in [0, 0.1) is 5.92 Å². The van der Waals surface area contributed by atoms with E-state index in [4.69, 9.17) is 4.52 Å². The van der Waals surface area contributed by atoms with E-state index in [1.54, 1.807) is 0 Å². The van der Waals surface area contributed by atoms with Crippen molar-refractivity contribution in [1.82, 2.24) is 15.5 Å². The second-order valence-electron chi connectivity index (χ2n) is 6.89. The summed E-state index contributed by atoms with van der Waals surface area (Å²) >= 11 is 0. The molecule has 0 fully saturated rings. The van der Waals surface area contributed by atoms with Crippen LogP contribution in [0.4, 0.5) is 0 Å². The Hall–Kier alpha value is -2.17. The van der Waals surface area contributed by atoms with Crippen molar-refractivity contribution < 1.29 is 9.32 Å². The molecule has 5 heteroatoms. The number of carbonyl (C=O) groups is 1. The quantitative estimate of drug-likeness (QED) is 0.835. The summed E-state index contributed by atoms with van der Waals surface area (Å²) in [4.78, 5) is 16.3. The number of nitrogens with one attached hydrogen (secondary N) is 1. The fraction of sp³-hybridized carbons (Fsp3) is 0.526. The van der Waals surface area contributed by atoms with Crippen LogP contribution in [0.2, 0.25) is 0 Å². The van der Waals surface area contributed by atoms with Crippen molar-refractivity contribution in [2.24, 2.45) is 5.92 Å². The van der Waals surface area contributed by atoms with E-state index in [9.17, 15) is 4.79 Å². The second kappa shape index (κ2) is 8.08. The van der Waals surface area contributed by atoms with Gasteiger partial charge in [-0.1, -0.05) is 57.1 Å². The highest BCUT2D eigenvalue weighted by Crippen LogP contribution is 2.20. The number of hydrogen-bond acceptors (Lipinski definition) is 4. The first-order valence-electron chi connectivity index (χ1n) is 8.59. The normalized spacial score (nSPS) is 12.6. The lowest BCUT2D eigenvalue weighted by molar-refractivity contribution is -0.122. The molecule has 0 saturated carbocycles. The van der Waals surface area contributed by atoms with E-state index in [0.29, 0.717) is 36.4 Å². The minimum atomic E-state index is 0.0113. The van der Waals surface area contributed by atoms with Crippen LogP contribution in [0.1, 0.15) is 58.4 Å². The molecule has 0 aliphatic carbocycles. The Morgan fingerprint density at radius 1 is 1.12 bits per heavy atom. The van der Waals surface area contributed by atoms with E-state index in [-0.39, 0.29) is 11.9 Å². The van der Waals surface area contributed by atoms with Gasteiger partial charge in [0.2, 0.25) is 17.6 Å². The molecule has 2 rings (SSSR count). The van der Waals surface area contributed by atoms with E-state index in [2.05, 4.69) is 55.3 Å². The molecule has 130 valence electrons. The lowest BCUT2D eigenvalue weighted by Crippen LogP contribution is -2.36. The van der Waals surface area contributed by atoms with Crippen molar-refractivity contribution >= 4 is 5.91 Å². The lowest BCUT2D eigenvalue weighted by atomic mass is 10.0. The summed E-state index contributed by atoms with van der Waals surface area (Å²) in [6.07, 6.45) is 0.804. The molecule has 1 unspecified atom stereocenters. The van der Waals surface area contributed by atoms with Gasteiger partial charge in [-0.3, -0.25) is 4.79 Å². The zero-order valence-electron chi connectivity index (χ0n) is 15.2. The van der Waals surface area contributed by atoms with Gasteiger partial charge in [0.25, 0.3) is 0 Å². The predicted octanol–water partition coefficient (Wildman–Crippen LogP) is 3.95. The Labute approximate surface area is 143 Å². The molecule has 1 aromatic heterocycles.